The molecule has 2 nitrogen and oxygen atoms in total. The number of rotatable bonds is 4. The van der Waals surface area contributed by atoms with Gasteiger partial charge in [0.15, 0.2) is 0 Å². The van der Waals surface area contributed by atoms with Crippen LogP contribution in [0.4, 0.5) is 0 Å². The summed E-state index contributed by atoms with van der Waals surface area (Å²) in [7, 11) is 0. The Morgan fingerprint density at radius 2 is 2.14 bits per heavy atom. The molecule has 41 valence electrons. The molecular weight excluding hydrogens is 259 g/mol. The first-order chi connectivity index (χ1) is 3.41. The number of hydrogen-bond acceptors (Lipinski definition) is 2. The third-order valence-corrected chi connectivity index (χ3v) is 1.27. The van der Waals surface area contributed by atoms with Crippen molar-refractivity contribution in [2.24, 2.45) is 0 Å². The van der Waals surface area contributed by atoms with Crippen molar-refractivity contribution in [1.29, 1.82) is 0 Å². The van der Waals surface area contributed by atoms with Crippen LogP contribution in [0.15, 0.2) is 0 Å². The fourth-order valence-corrected chi connectivity index (χ4v) is 0.544. The normalized spacial score (nSPS) is 9.14. The molecule has 0 N–H and O–H groups in total. The summed E-state index contributed by atoms with van der Waals surface area (Å²) in [6, 6.07) is 0. The fraction of sp³-hybridized carbons (Fsp3) is 1.00. The molecular formula is C4H9HfO2. The van der Waals surface area contributed by atoms with E-state index >= 15 is 0 Å². The van der Waals surface area contributed by atoms with E-state index in [0.717, 1.165) is 44.6 Å². The standard InChI is InChI=1S/C4H9O2.Hf/c1-2-6-4-3-5;/h2-4H2,1H3;/q-1;+1. The third kappa shape index (κ3) is 6.79. The molecule has 0 spiro atoms. The van der Waals surface area contributed by atoms with Gasteiger partial charge >= 0.3 is 59.1 Å². The zero-order chi connectivity index (χ0) is 5.54. The molecule has 0 aromatic rings. The molecule has 0 saturated heterocycles. The van der Waals surface area contributed by atoms with Gasteiger partial charge in [-0.05, 0) is 0 Å². The monoisotopic (exact) mass is 269 g/mol. The second-order valence-electron chi connectivity index (χ2n) is 1.05. The summed E-state index contributed by atoms with van der Waals surface area (Å²) >= 11 is 0.826. The third-order valence-electron chi connectivity index (χ3n) is 0.534. The van der Waals surface area contributed by atoms with Gasteiger partial charge in [0.2, 0.25) is 0 Å². The minimum atomic E-state index is 0.750. The summed E-state index contributed by atoms with van der Waals surface area (Å²) in [4.78, 5) is 0. The molecule has 0 aromatic heterocycles. The summed E-state index contributed by atoms with van der Waals surface area (Å²) < 4.78 is 9.83. The fourth-order valence-electron chi connectivity index (χ4n) is 0.245. The molecule has 0 aliphatic heterocycles. The predicted molar refractivity (Wildman–Crippen MR) is 22.4 cm³/mol. The Balaban J connectivity index is 2.45. The van der Waals surface area contributed by atoms with Crippen LogP contribution >= 0.6 is 0 Å². The van der Waals surface area contributed by atoms with Crippen molar-refractivity contribution in [1.82, 2.24) is 0 Å². The van der Waals surface area contributed by atoms with E-state index in [1.807, 2.05) is 6.92 Å². The Morgan fingerprint density at radius 3 is 2.57 bits per heavy atom. The van der Waals surface area contributed by atoms with Crippen LogP contribution in [0.1, 0.15) is 6.92 Å². The van der Waals surface area contributed by atoms with E-state index in [1.165, 1.54) is 0 Å². The van der Waals surface area contributed by atoms with Gasteiger partial charge < -0.3 is 0 Å². The Morgan fingerprint density at radius 1 is 1.43 bits per heavy atom. The Hall–Kier alpha value is 0.790. The van der Waals surface area contributed by atoms with Gasteiger partial charge in [-0.25, -0.2) is 0 Å². The van der Waals surface area contributed by atoms with E-state index in [2.05, 4.69) is 0 Å². The summed E-state index contributed by atoms with van der Waals surface area (Å²) in [6.07, 6.45) is 0. The second kappa shape index (κ2) is 6.79. The summed E-state index contributed by atoms with van der Waals surface area (Å²) in [5.41, 5.74) is 0. The average Bonchev–Trinajstić information content (AvgIpc) is 1.69. The van der Waals surface area contributed by atoms with Gasteiger partial charge in [-0.2, -0.15) is 0 Å². The van der Waals surface area contributed by atoms with Gasteiger partial charge in [-0.1, -0.05) is 0 Å². The van der Waals surface area contributed by atoms with Crippen molar-refractivity contribution < 1.29 is 32.4 Å². The molecule has 0 rings (SSSR count). The van der Waals surface area contributed by atoms with Crippen LogP contribution in [-0.2, 0) is 32.4 Å². The first-order valence-electron chi connectivity index (χ1n) is 2.28. The predicted octanol–water partition coefficient (Wildman–Crippen LogP) is 0.501. The second-order valence-corrected chi connectivity index (χ2v) is 2.08. The molecule has 0 aliphatic carbocycles. The van der Waals surface area contributed by atoms with Crippen LogP contribution < -0.4 is 0 Å². The first-order valence-corrected chi connectivity index (χ1v) is 3.74. The minimum absolute atomic E-state index is 0.750. The Bertz CT molecular complexity index is 28.9. The van der Waals surface area contributed by atoms with Crippen molar-refractivity contribution in [2.45, 2.75) is 6.92 Å². The van der Waals surface area contributed by atoms with Crippen LogP contribution in [0.3, 0.4) is 0 Å². The maximum absolute atomic E-state index is 4.97. The Kier molecular flexibility index (Phi) is 7.56. The topological polar surface area (TPSA) is 18.5 Å². The Labute approximate surface area is 59.4 Å². The van der Waals surface area contributed by atoms with Gasteiger partial charge in [0.05, 0.1) is 0 Å². The molecule has 0 aliphatic rings. The van der Waals surface area contributed by atoms with Crippen LogP contribution in [0.5, 0.6) is 0 Å². The summed E-state index contributed by atoms with van der Waals surface area (Å²) in [5.74, 6) is 0. The number of ether oxygens (including phenoxy) is 1. The van der Waals surface area contributed by atoms with E-state index in [0.29, 0.717) is 0 Å². The molecule has 0 bridgehead atoms. The van der Waals surface area contributed by atoms with Crippen molar-refractivity contribution in [2.75, 3.05) is 19.8 Å². The molecule has 0 atom stereocenters. The first kappa shape index (κ1) is 7.79. The zero-order valence-electron chi connectivity index (χ0n) is 4.44. The quantitative estimate of drug-likeness (QED) is 0.546. The van der Waals surface area contributed by atoms with Crippen molar-refractivity contribution in [3.8, 4) is 0 Å². The van der Waals surface area contributed by atoms with Gasteiger partial charge in [0, 0.05) is 0 Å². The van der Waals surface area contributed by atoms with Gasteiger partial charge in [0.1, 0.15) is 0 Å². The SMILES string of the molecule is CCOCC[O][Hf]. The van der Waals surface area contributed by atoms with Crippen LogP contribution in [0.25, 0.3) is 0 Å². The van der Waals surface area contributed by atoms with Crippen molar-refractivity contribution in [3.63, 3.8) is 0 Å². The van der Waals surface area contributed by atoms with E-state index in [9.17, 15) is 0 Å². The van der Waals surface area contributed by atoms with E-state index in [-0.39, 0.29) is 0 Å². The number of hydrogen-bond donors (Lipinski definition) is 0. The van der Waals surface area contributed by atoms with E-state index in [4.69, 9.17) is 7.59 Å². The van der Waals surface area contributed by atoms with Crippen LogP contribution in [0, 0.1) is 0 Å². The molecule has 0 aromatic carbocycles. The van der Waals surface area contributed by atoms with Crippen LogP contribution in [0.2, 0.25) is 0 Å². The van der Waals surface area contributed by atoms with E-state index < -0.39 is 0 Å². The van der Waals surface area contributed by atoms with Gasteiger partial charge in [0.25, 0.3) is 0 Å². The van der Waals surface area contributed by atoms with Gasteiger partial charge in [-0.3, -0.25) is 0 Å². The van der Waals surface area contributed by atoms with E-state index in [1.54, 1.807) is 0 Å². The van der Waals surface area contributed by atoms with Crippen molar-refractivity contribution >= 4 is 0 Å². The molecule has 0 fully saturated rings. The zero-order valence-corrected chi connectivity index (χ0v) is 8.03. The summed E-state index contributed by atoms with van der Waals surface area (Å²) in [6.45, 7) is 4.29. The molecule has 3 heteroatoms. The molecule has 0 saturated carbocycles. The van der Waals surface area contributed by atoms with Crippen molar-refractivity contribution in [3.05, 3.63) is 0 Å². The summed E-state index contributed by atoms with van der Waals surface area (Å²) in [5, 5.41) is 0. The van der Waals surface area contributed by atoms with Crippen LogP contribution in [-0.4, -0.2) is 19.8 Å². The molecule has 0 unspecified atom stereocenters. The molecule has 0 amide bonds. The average molecular weight is 268 g/mol. The van der Waals surface area contributed by atoms with Gasteiger partial charge in [-0.15, -0.1) is 0 Å². The maximum atomic E-state index is 4.97. The molecule has 7 heavy (non-hydrogen) atoms. The molecule has 0 heterocycles. The molecule has 0 radical (unpaired) electrons.